The molecule has 1 saturated heterocycles. The molecule has 0 spiro atoms. The van der Waals surface area contributed by atoms with Crippen LogP contribution in [0.25, 0.3) is 0 Å². The van der Waals surface area contributed by atoms with Crippen LogP contribution in [0.1, 0.15) is 6.42 Å². The molecule has 1 heterocycles. The smallest absolute Gasteiger partial charge is 0.222 e. The van der Waals surface area contributed by atoms with Gasteiger partial charge in [0.1, 0.15) is 0 Å². The summed E-state index contributed by atoms with van der Waals surface area (Å²) in [7, 11) is 0. The summed E-state index contributed by atoms with van der Waals surface area (Å²) < 4.78 is 0. The van der Waals surface area contributed by atoms with Crippen LogP contribution >= 0.6 is 0 Å². The van der Waals surface area contributed by atoms with Crippen LogP contribution in [0.5, 0.6) is 0 Å². The van der Waals surface area contributed by atoms with Gasteiger partial charge in [-0.3, -0.25) is 4.79 Å². The van der Waals surface area contributed by atoms with Crippen molar-refractivity contribution in [2.45, 2.75) is 6.42 Å². The van der Waals surface area contributed by atoms with Gasteiger partial charge in [-0.25, -0.2) is 0 Å². The number of hydrogen-bond donors (Lipinski definition) is 3. The number of carbonyl (C=O) groups excluding carboxylic acids is 1. The van der Waals surface area contributed by atoms with Gasteiger partial charge >= 0.3 is 0 Å². The molecule has 1 amide bonds. The van der Waals surface area contributed by atoms with Crippen molar-refractivity contribution in [2.24, 2.45) is 5.73 Å². The fraction of sp³-hybridized carbons (Fsp3) is 0.875. The number of nitrogens with one attached hydrogen (secondary N) is 2. The Morgan fingerprint density at radius 1 is 1.46 bits per heavy atom. The molecule has 0 atom stereocenters. The second-order valence-electron chi connectivity index (χ2n) is 3.15. The molecule has 1 aliphatic rings. The van der Waals surface area contributed by atoms with Crippen molar-refractivity contribution in [3.8, 4) is 0 Å². The number of rotatable bonds is 4. The summed E-state index contributed by atoms with van der Waals surface area (Å²) in [6, 6.07) is 0. The molecular weight excluding hydrogens is 168 g/mol. The first-order valence-corrected chi connectivity index (χ1v) is 4.73. The number of nitrogens with two attached hydrogens (primary N) is 1. The molecule has 0 radical (unpaired) electrons. The van der Waals surface area contributed by atoms with Gasteiger partial charge in [-0.1, -0.05) is 0 Å². The molecule has 0 saturated carbocycles. The van der Waals surface area contributed by atoms with Crippen LogP contribution in [0.3, 0.4) is 0 Å². The number of piperazine rings is 1. The van der Waals surface area contributed by atoms with Crippen LogP contribution in [-0.4, -0.2) is 50.2 Å². The quantitative estimate of drug-likeness (QED) is 0.458. The van der Waals surface area contributed by atoms with Crippen molar-refractivity contribution in [1.82, 2.24) is 15.5 Å². The molecule has 4 N–H and O–H groups in total. The molecular formula is C8H18N4O. The van der Waals surface area contributed by atoms with E-state index in [4.69, 9.17) is 5.73 Å². The van der Waals surface area contributed by atoms with Gasteiger partial charge in [0.25, 0.3) is 0 Å². The van der Waals surface area contributed by atoms with E-state index in [1.54, 1.807) is 0 Å². The fourth-order valence-corrected chi connectivity index (χ4v) is 1.40. The molecule has 0 bridgehead atoms. The molecule has 1 rings (SSSR count). The highest BCUT2D eigenvalue weighted by molar-refractivity contribution is 5.75. The van der Waals surface area contributed by atoms with E-state index in [2.05, 4.69) is 15.5 Å². The molecule has 0 aromatic rings. The minimum Gasteiger partial charge on any atom is -0.344 e. The SMILES string of the molecule is NCNC(=O)CCN1CCNCC1. The Balaban J connectivity index is 2.06. The van der Waals surface area contributed by atoms with Crippen LogP contribution in [0.2, 0.25) is 0 Å². The van der Waals surface area contributed by atoms with Crippen LogP contribution in [0.4, 0.5) is 0 Å². The van der Waals surface area contributed by atoms with E-state index < -0.39 is 0 Å². The van der Waals surface area contributed by atoms with E-state index in [0.717, 1.165) is 32.7 Å². The molecule has 76 valence electrons. The summed E-state index contributed by atoms with van der Waals surface area (Å²) in [5, 5.41) is 5.85. The molecule has 0 aromatic heterocycles. The predicted octanol–water partition coefficient (Wildman–Crippen LogP) is -1.69. The minimum atomic E-state index is 0.0426. The number of hydrogen-bond acceptors (Lipinski definition) is 4. The van der Waals surface area contributed by atoms with Crippen LogP contribution in [0.15, 0.2) is 0 Å². The van der Waals surface area contributed by atoms with Gasteiger partial charge in [-0.2, -0.15) is 0 Å². The fourth-order valence-electron chi connectivity index (χ4n) is 1.40. The molecule has 13 heavy (non-hydrogen) atoms. The third kappa shape index (κ3) is 4.21. The summed E-state index contributed by atoms with van der Waals surface area (Å²) in [5.74, 6) is 0.0426. The van der Waals surface area contributed by atoms with Gasteiger partial charge in [-0.05, 0) is 0 Å². The van der Waals surface area contributed by atoms with Crippen molar-refractivity contribution < 1.29 is 4.79 Å². The maximum absolute atomic E-state index is 11.1. The zero-order valence-corrected chi connectivity index (χ0v) is 7.88. The highest BCUT2D eigenvalue weighted by Crippen LogP contribution is 1.93. The van der Waals surface area contributed by atoms with Crippen molar-refractivity contribution in [3.63, 3.8) is 0 Å². The first-order chi connectivity index (χ1) is 6.33. The number of carbonyl (C=O) groups is 1. The van der Waals surface area contributed by atoms with E-state index in [1.807, 2.05) is 0 Å². The topological polar surface area (TPSA) is 70.4 Å². The van der Waals surface area contributed by atoms with Gasteiger partial charge in [0.15, 0.2) is 0 Å². The third-order valence-electron chi connectivity index (χ3n) is 2.16. The van der Waals surface area contributed by atoms with Crippen molar-refractivity contribution in [3.05, 3.63) is 0 Å². The van der Waals surface area contributed by atoms with Gasteiger partial charge in [0.05, 0.1) is 6.67 Å². The van der Waals surface area contributed by atoms with E-state index in [1.165, 1.54) is 0 Å². The normalized spacial score (nSPS) is 18.5. The standard InChI is InChI=1S/C8H18N4O/c9-7-11-8(13)1-4-12-5-2-10-3-6-12/h10H,1-7,9H2,(H,11,13). The monoisotopic (exact) mass is 186 g/mol. The molecule has 0 unspecified atom stereocenters. The Morgan fingerprint density at radius 2 is 2.15 bits per heavy atom. The second kappa shape index (κ2) is 5.90. The lowest BCUT2D eigenvalue weighted by Gasteiger charge is -2.26. The van der Waals surface area contributed by atoms with E-state index in [0.29, 0.717) is 6.42 Å². The lowest BCUT2D eigenvalue weighted by Crippen LogP contribution is -2.44. The van der Waals surface area contributed by atoms with Crippen LogP contribution < -0.4 is 16.4 Å². The van der Waals surface area contributed by atoms with Gasteiger partial charge in [0, 0.05) is 39.1 Å². The average molecular weight is 186 g/mol. The Bertz CT molecular complexity index is 156. The molecule has 5 heteroatoms. The van der Waals surface area contributed by atoms with Crippen molar-refractivity contribution in [2.75, 3.05) is 39.4 Å². The highest BCUT2D eigenvalue weighted by Gasteiger charge is 2.10. The first-order valence-electron chi connectivity index (χ1n) is 4.73. The second-order valence-corrected chi connectivity index (χ2v) is 3.15. The van der Waals surface area contributed by atoms with E-state index in [-0.39, 0.29) is 12.6 Å². The summed E-state index contributed by atoms with van der Waals surface area (Å²) in [6.45, 7) is 5.21. The van der Waals surface area contributed by atoms with Gasteiger partial charge < -0.3 is 21.3 Å². The maximum Gasteiger partial charge on any atom is 0.222 e. The third-order valence-corrected chi connectivity index (χ3v) is 2.16. The minimum absolute atomic E-state index is 0.0426. The lowest BCUT2D eigenvalue weighted by molar-refractivity contribution is -0.121. The summed E-state index contributed by atoms with van der Waals surface area (Å²) >= 11 is 0. The van der Waals surface area contributed by atoms with Gasteiger partial charge in [-0.15, -0.1) is 0 Å². The molecule has 1 aliphatic heterocycles. The predicted molar refractivity (Wildman–Crippen MR) is 51.1 cm³/mol. The Labute approximate surface area is 78.6 Å². The molecule has 0 aromatic carbocycles. The first kappa shape index (κ1) is 10.4. The van der Waals surface area contributed by atoms with Crippen molar-refractivity contribution in [1.29, 1.82) is 0 Å². The summed E-state index contributed by atoms with van der Waals surface area (Å²) in [5.41, 5.74) is 5.18. The zero-order valence-electron chi connectivity index (χ0n) is 7.88. The summed E-state index contributed by atoms with van der Waals surface area (Å²) in [4.78, 5) is 13.3. The van der Waals surface area contributed by atoms with Crippen molar-refractivity contribution >= 4 is 5.91 Å². The summed E-state index contributed by atoms with van der Waals surface area (Å²) in [6.07, 6.45) is 0.553. The number of nitrogens with zero attached hydrogens (tertiary/aromatic N) is 1. The van der Waals surface area contributed by atoms with Crippen LogP contribution in [0, 0.1) is 0 Å². The molecule has 0 aliphatic carbocycles. The van der Waals surface area contributed by atoms with E-state index in [9.17, 15) is 4.79 Å². The maximum atomic E-state index is 11.1. The Morgan fingerprint density at radius 3 is 2.77 bits per heavy atom. The Kier molecular flexibility index (Phi) is 4.74. The largest absolute Gasteiger partial charge is 0.344 e. The molecule has 1 fully saturated rings. The van der Waals surface area contributed by atoms with Crippen LogP contribution in [-0.2, 0) is 4.79 Å². The zero-order chi connectivity index (χ0) is 9.52. The molecule has 5 nitrogen and oxygen atoms in total. The lowest BCUT2D eigenvalue weighted by atomic mass is 10.3. The average Bonchev–Trinajstić information content (AvgIpc) is 2.17. The Hall–Kier alpha value is -0.650. The highest BCUT2D eigenvalue weighted by atomic mass is 16.1. The van der Waals surface area contributed by atoms with E-state index >= 15 is 0 Å². The van der Waals surface area contributed by atoms with Gasteiger partial charge in [0.2, 0.25) is 5.91 Å². The number of amides is 1.